The number of pyridine rings is 1. The topological polar surface area (TPSA) is 57.8 Å². The molecule has 4 nitrogen and oxygen atoms in total. The van der Waals surface area contributed by atoms with Crippen molar-refractivity contribution in [2.45, 2.75) is 6.54 Å². The summed E-state index contributed by atoms with van der Waals surface area (Å²) in [6.07, 6.45) is 1.87. The van der Waals surface area contributed by atoms with E-state index in [1.54, 1.807) is 0 Å². The highest BCUT2D eigenvalue weighted by Gasteiger charge is 2.22. The van der Waals surface area contributed by atoms with Crippen LogP contribution in [0.2, 0.25) is 0 Å². The van der Waals surface area contributed by atoms with E-state index in [-0.39, 0.29) is 5.91 Å². The monoisotopic (exact) mass is 325 g/mol. The molecule has 0 saturated carbocycles. The van der Waals surface area contributed by atoms with E-state index in [9.17, 15) is 4.79 Å². The van der Waals surface area contributed by atoms with Crippen LogP contribution >= 0.6 is 0 Å². The summed E-state index contributed by atoms with van der Waals surface area (Å²) in [5, 5.41) is 3.95. The maximum atomic E-state index is 11.9. The second kappa shape index (κ2) is 5.31. The molecule has 2 aromatic carbocycles. The molecule has 0 unspecified atom stereocenters. The van der Waals surface area contributed by atoms with Crippen LogP contribution in [0.1, 0.15) is 15.9 Å². The summed E-state index contributed by atoms with van der Waals surface area (Å²) in [7, 11) is 0. The lowest BCUT2D eigenvalue weighted by molar-refractivity contribution is 0.0966. The fraction of sp³-hybridized carbons (Fsp3) is 0.0476. The number of carbonyl (C=O) groups excluding carboxylic acids is 1. The van der Waals surface area contributed by atoms with Gasteiger partial charge in [-0.05, 0) is 34.9 Å². The Bertz CT molecular complexity index is 1110. The normalized spacial score (nSPS) is 13.0. The van der Waals surface area contributed by atoms with Crippen molar-refractivity contribution in [3.63, 3.8) is 0 Å². The number of fused-ring (bicyclic) bond motifs is 2. The highest BCUT2D eigenvalue weighted by atomic mass is 16.1. The van der Waals surface area contributed by atoms with Gasteiger partial charge in [0.15, 0.2) is 0 Å². The van der Waals surface area contributed by atoms with Crippen LogP contribution in [0.5, 0.6) is 0 Å². The van der Waals surface area contributed by atoms with Gasteiger partial charge >= 0.3 is 0 Å². The van der Waals surface area contributed by atoms with Gasteiger partial charge in [0.05, 0.1) is 0 Å². The molecule has 2 N–H and O–H groups in total. The molecule has 0 fully saturated rings. The number of aromatic nitrogens is 2. The van der Waals surface area contributed by atoms with Crippen molar-refractivity contribution in [2.24, 2.45) is 0 Å². The Morgan fingerprint density at radius 3 is 2.60 bits per heavy atom. The number of hydrogen-bond donors (Lipinski definition) is 2. The third kappa shape index (κ3) is 2.22. The zero-order chi connectivity index (χ0) is 16.8. The Labute approximate surface area is 144 Å². The van der Waals surface area contributed by atoms with Crippen molar-refractivity contribution in [3.05, 3.63) is 78.0 Å². The number of H-pyrrole nitrogens is 1. The Hall–Kier alpha value is -3.40. The first-order chi connectivity index (χ1) is 12.3. The number of rotatable bonds is 2. The minimum absolute atomic E-state index is 0.00102. The third-order valence-corrected chi connectivity index (χ3v) is 4.71. The Morgan fingerprint density at radius 2 is 1.72 bits per heavy atom. The zero-order valence-corrected chi connectivity index (χ0v) is 13.4. The van der Waals surface area contributed by atoms with Crippen LogP contribution in [0.15, 0.2) is 66.9 Å². The van der Waals surface area contributed by atoms with Gasteiger partial charge in [0.2, 0.25) is 0 Å². The fourth-order valence-electron chi connectivity index (χ4n) is 3.46. The lowest BCUT2D eigenvalue weighted by atomic mass is 9.97. The Morgan fingerprint density at radius 1 is 0.880 bits per heavy atom. The molecule has 25 heavy (non-hydrogen) atoms. The van der Waals surface area contributed by atoms with Gasteiger partial charge in [-0.25, -0.2) is 4.98 Å². The molecule has 0 saturated heterocycles. The zero-order valence-electron chi connectivity index (χ0n) is 13.4. The summed E-state index contributed by atoms with van der Waals surface area (Å²) in [6.45, 7) is 0.574. The highest BCUT2D eigenvalue weighted by molar-refractivity contribution is 6.00. The van der Waals surface area contributed by atoms with E-state index in [2.05, 4.69) is 39.6 Å². The summed E-state index contributed by atoms with van der Waals surface area (Å²) in [5.41, 5.74) is 6.95. The number of amides is 1. The quantitative estimate of drug-likeness (QED) is 0.582. The molecule has 0 bridgehead atoms. The maximum Gasteiger partial charge on any atom is 0.251 e. The van der Waals surface area contributed by atoms with Crippen LogP contribution in [0.25, 0.3) is 33.4 Å². The van der Waals surface area contributed by atoms with E-state index in [4.69, 9.17) is 0 Å². The Balaban J connectivity index is 1.64. The van der Waals surface area contributed by atoms with Gasteiger partial charge in [-0.15, -0.1) is 0 Å². The van der Waals surface area contributed by atoms with Crippen LogP contribution in [-0.2, 0) is 6.54 Å². The van der Waals surface area contributed by atoms with Crippen molar-refractivity contribution in [3.8, 4) is 22.4 Å². The van der Waals surface area contributed by atoms with Crippen LogP contribution in [0.3, 0.4) is 0 Å². The highest BCUT2D eigenvalue weighted by Crippen LogP contribution is 2.31. The van der Waals surface area contributed by atoms with E-state index in [1.165, 1.54) is 0 Å². The molecule has 4 heteroatoms. The minimum atomic E-state index is -0.00102. The van der Waals surface area contributed by atoms with Crippen LogP contribution in [0.4, 0.5) is 0 Å². The third-order valence-electron chi connectivity index (χ3n) is 4.71. The molecule has 2 aromatic heterocycles. The smallest absolute Gasteiger partial charge is 0.251 e. The lowest BCUT2D eigenvalue weighted by Gasteiger charge is -2.06. The first-order valence-corrected chi connectivity index (χ1v) is 8.24. The van der Waals surface area contributed by atoms with E-state index < -0.39 is 0 Å². The molecular weight excluding hydrogens is 310 g/mol. The van der Waals surface area contributed by atoms with Crippen LogP contribution in [0, 0.1) is 0 Å². The number of nitrogens with zero attached hydrogens (tertiary/aromatic N) is 1. The molecule has 0 radical (unpaired) electrons. The molecule has 0 spiro atoms. The SMILES string of the molecule is O=C1NCc2c1cccc2-c1cnc2[nH]c(-c3ccccc3)cc2c1. The van der Waals surface area contributed by atoms with Gasteiger partial charge in [0.25, 0.3) is 5.91 Å². The molecule has 3 heterocycles. The first kappa shape index (κ1) is 14.0. The van der Waals surface area contributed by atoms with Crippen molar-refractivity contribution in [1.29, 1.82) is 0 Å². The first-order valence-electron chi connectivity index (χ1n) is 8.24. The van der Waals surface area contributed by atoms with Gasteiger partial charge in [-0.3, -0.25) is 4.79 Å². The van der Waals surface area contributed by atoms with Crippen LogP contribution < -0.4 is 5.32 Å². The summed E-state index contributed by atoms with van der Waals surface area (Å²) in [5.74, 6) is -0.00102. The van der Waals surface area contributed by atoms with Crippen molar-refractivity contribution in [1.82, 2.24) is 15.3 Å². The van der Waals surface area contributed by atoms with Crippen molar-refractivity contribution >= 4 is 16.9 Å². The maximum absolute atomic E-state index is 11.9. The number of hydrogen-bond acceptors (Lipinski definition) is 2. The largest absolute Gasteiger partial charge is 0.348 e. The number of aromatic amines is 1. The van der Waals surface area contributed by atoms with E-state index >= 15 is 0 Å². The average molecular weight is 325 g/mol. The molecule has 0 aliphatic carbocycles. The number of carbonyl (C=O) groups is 1. The Kier molecular flexibility index (Phi) is 2.97. The predicted octanol–water partition coefficient (Wildman–Crippen LogP) is 4.14. The van der Waals surface area contributed by atoms with Gasteiger partial charge < -0.3 is 10.3 Å². The molecule has 1 aliphatic heterocycles. The van der Waals surface area contributed by atoms with Crippen molar-refractivity contribution < 1.29 is 4.79 Å². The summed E-state index contributed by atoms with van der Waals surface area (Å²) < 4.78 is 0. The number of nitrogens with one attached hydrogen (secondary N) is 2. The summed E-state index contributed by atoms with van der Waals surface area (Å²) in [6, 6.07) is 20.3. The number of benzene rings is 2. The average Bonchev–Trinajstić information content (AvgIpc) is 3.26. The molecule has 120 valence electrons. The van der Waals surface area contributed by atoms with E-state index in [0.29, 0.717) is 6.54 Å². The van der Waals surface area contributed by atoms with Gasteiger partial charge in [0, 0.05) is 34.9 Å². The van der Waals surface area contributed by atoms with Crippen molar-refractivity contribution in [2.75, 3.05) is 0 Å². The second-order valence-corrected chi connectivity index (χ2v) is 6.23. The standard InChI is InChI=1S/C21H15N3O/c25-21-17-8-4-7-16(18(17)12-23-21)15-9-14-10-19(24-20(14)22-11-15)13-5-2-1-3-6-13/h1-11H,12H2,(H,22,24)(H,23,25). The predicted molar refractivity (Wildman–Crippen MR) is 98.1 cm³/mol. The lowest BCUT2D eigenvalue weighted by Crippen LogP contribution is -2.12. The van der Waals surface area contributed by atoms with Gasteiger partial charge in [-0.1, -0.05) is 42.5 Å². The molecule has 5 rings (SSSR count). The second-order valence-electron chi connectivity index (χ2n) is 6.23. The molecule has 1 amide bonds. The minimum Gasteiger partial charge on any atom is -0.348 e. The van der Waals surface area contributed by atoms with E-state index in [0.717, 1.165) is 44.5 Å². The van der Waals surface area contributed by atoms with Gasteiger partial charge in [-0.2, -0.15) is 0 Å². The summed E-state index contributed by atoms with van der Waals surface area (Å²) >= 11 is 0. The van der Waals surface area contributed by atoms with Crippen LogP contribution in [-0.4, -0.2) is 15.9 Å². The molecule has 4 aromatic rings. The van der Waals surface area contributed by atoms with E-state index in [1.807, 2.05) is 42.6 Å². The molecule has 0 atom stereocenters. The molecule has 1 aliphatic rings. The fourth-order valence-corrected chi connectivity index (χ4v) is 3.46. The molecular formula is C21H15N3O. The van der Waals surface area contributed by atoms with Gasteiger partial charge in [0.1, 0.15) is 5.65 Å². The summed E-state index contributed by atoms with van der Waals surface area (Å²) in [4.78, 5) is 19.8.